The van der Waals surface area contributed by atoms with E-state index in [2.05, 4.69) is 20.7 Å². The van der Waals surface area contributed by atoms with E-state index in [1.807, 2.05) is 12.1 Å². The molecule has 31 heavy (non-hydrogen) atoms. The van der Waals surface area contributed by atoms with Crippen molar-refractivity contribution in [2.24, 2.45) is 0 Å². The number of nitrogens with one attached hydrogen (secondary N) is 3. The fraction of sp³-hybridized carbons (Fsp3) is 0.227. The van der Waals surface area contributed by atoms with Crippen LogP contribution in [0.4, 0.5) is 5.69 Å². The van der Waals surface area contributed by atoms with Crippen LogP contribution in [-0.2, 0) is 14.3 Å². The Bertz CT molecular complexity index is 1000. The fourth-order valence-corrected chi connectivity index (χ4v) is 3.35. The summed E-state index contributed by atoms with van der Waals surface area (Å²) in [7, 11) is 2.88. The molecule has 3 rings (SSSR count). The van der Waals surface area contributed by atoms with E-state index in [4.69, 9.17) is 21.7 Å². The van der Waals surface area contributed by atoms with Gasteiger partial charge in [0.05, 0.1) is 25.8 Å². The van der Waals surface area contributed by atoms with Crippen molar-refractivity contribution in [2.75, 3.05) is 26.1 Å². The van der Waals surface area contributed by atoms with Gasteiger partial charge in [-0.1, -0.05) is 12.1 Å². The number of esters is 1. The van der Waals surface area contributed by atoms with Gasteiger partial charge in [0.1, 0.15) is 11.5 Å². The number of thiocarbonyl (C=S) groups is 1. The van der Waals surface area contributed by atoms with Crippen LogP contribution in [0.1, 0.15) is 18.5 Å². The lowest BCUT2D eigenvalue weighted by atomic mass is 9.95. The largest absolute Gasteiger partial charge is 0.497 e. The molecule has 0 spiro atoms. The van der Waals surface area contributed by atoms with Crippen LogP contribution < -0.4 is 25.4 Å². The number of anilines is 1. The molecule has 3 N–H and O–H groups in total. The molecule has 2 aromatic carbocycles. The second-order valence-electron chi connectivity index (χ2n) is 6.69. The highest BCUT2D eigenvalue weighted by molar-refractivity contribution is 7.80. The molecule has 1 unspecified atom stereocenters. The molecule has 8 nitrogen and oxygen atoms in total. The smallest absolute Gasteiger partial charge is 0.343 e. The number of hydrogen-bond acceptors (Lipinski definition) is 6. The summed E-state index contributed by atoms with van der Waals surface area (Å²) in [5.74, 6) is 0.481. The van der Waals surface area contributed by atoms with E-state index in [9.17, 15) is 9.59 Å². The minimum absolute atomic E-state index is 0.180. The quantitative estimate of drug-likeness (QED) is 0.446. The van der Waals surface area contributed by atoms with Gasteiger partial charge in [0.25, 0.3) is 5.91 Å². The van der Waals surface area contributed by atoms with E-state index < -0.39 is 12.0 Å². The molecule has 0 aliphatic carbocycles. The second kappa shape index (κ2) is 9.94. The standard InChI is InChI=1S/C22H23N3O5S/c1-13-19(21(27)24-15-6-10-16(28-2)11-7-15)20(25-22(31)23-13)14-4-8-17(9-5-14)30-12-18(26)29-3/h4-11,20H,12H2,1-3H3,(H,24,27)(H2,23,25,31). The minimum Gasteiger partial charge on any atom is -0.497 e. The summed E-state index contributed by atoms with van der Waals surface area (Å²) in [5, 5.41) is 9.48. The van der Waals surface area contributed by atoms with Gasteiger partial charge in [-0.15, -0.1) is 0 Å². The maximum atomic E-state index is 13.1. The zero-order chi connectivity index (χ0) is 22.4. The maximum absolute atomic E-state index is 13.1. The Balaban J connectivity index is 1.80. The Morgan fingerprint density at radius 2 is 1.68 bits per heavy atom. The SMILES string of the molecule is COC(=O)COc1ccc(C2NC(=S)NC(C)=C2C(=O)Nc2ccc(OC)cc2)cc1. The van der Waals surface area contributed by atoms with Gasteiger partial charge in [0.15, 0.2) is 11.7 Å². The van der Waals surface area contributed by atoms with Crippen molar-refractivity contribution in [3.05, 3.63) is 65.4 Å². The van der Waals surface area contributed by atoms with Crippen LogP contribution in [0.5, 0.6) is 11.5 Å². The molecule has 9 heteroatoms. The number of carbonyl (C=O) groups is 2. The fourth-order valence-electron chi connectivity index (χ4n) is 3.08. The van der Waals surface area contributed by atoms with E-state index in [1.165, 1.54) is 7.11 Å². The van der Waals surface area contributed by atoms with Crippen LogP contribution in [0.15, 0.2) is 59.8 Å². The zero-order valence-electron chi connectivity index (χ0n) is 17.4. The average molecular weight is 442 g/mol. The first-order valence-corrected chi connectivity index (χ1v) is 9.85. The lowest BCUT2D eigenvalue weighted by molar-refractivity contribution is -0.142. The molecule has 1 aliphatic rings. The van der Waals surface area contributed by atoms with Gasteiger partial charge in [-0.05, 0) is 61.1 Å². The first-order valence-electron chi connectivity index (χ1n) is 9.44. The van der Waals surface area contributed by atoms with Crippen LogP contribution >= 0.6 is 12.2 Å². The van der Waals surface area contributed by atoms with Crippen molar-refractivity contribution in [2.45, 2.75) is 13.0 Å². The molecule has 1 amide bonds. The highest BCUT2D eigenvalue weighted by Crippen LogP contribution is 2.29. The normalized spacial score (nSPS) is 15.5. The molecule has 1 heterocycles. The monoisotopic (exact) mass is 441 g/mol. The molecule has 0 fully saturated rings. The third-order valence-corrected chi connectivity index (χ3v) is 4.88. The highest BCUT2D eigenvalue weighted by Gasteiger charge is 2.30. The van der Waals surface area contributed by atoms with E-state index in [1.54, 1.807) is 50.4 Å². The molecule has 1 aliphatic heterocycles. The van der Waals surface area contributed by atoms with Gasteiger partial charge in [-0.2, -0.15) is 0 Å². The maximum Gasteiger partial charge on any atom is 0.343 e. The van der Waals surface area contributed by atoms with Crippen molar-refractivity contribution in [1.29, 1.82) is 0 Å². The van der Waals surface area contributed by atoms with Gasteiger partial charge in [-0.3, -0.25) is 4.79 Å². The molecule has 0 radical (unpaired) electrons. The number of benzene rings is 2. The average Bonchev–Trinajstić information content (AvgIpc) is 2.77. The predicted molar refractivity (Wildman–Crippen MR) is 120 cm³/mol. The number of hydrogen-bond donors (Lipinski definition) is 3. The lowest BCUT2D eigenvalue weighted by Crippen LogP contribution is -2.45. The Morgan fingerprint density at radius 3 is 2.29 bits per heavy atom. The van der Waals surface area contributed by atoms with Gasteiger partial charge < -0.3 is 30.2 Å². The Labute approximate surface area is 185 Å². The summed E-state index contributed by atoms with van der Waals surface area (Å²) < 4.78 is 15.1. The molecule has 1 atom stereocenters. The number of carbonyl (C=O) groups excluding carboxylic acids is 2. The van der Waals surface area contributed by atoms with Crippen molar-refractivity contribution in [1.82, 2.24) is 10.6 Å². The zero-order valence-corrected chi connectivity index (χ0v) is 18.2. The van der Waals surface area contributed by atoms with E-state index in [-0.39, 0.29) is 12.5 Å². The molecule has 0 saturated heterocycles. The molecule has 0 bridgehead atoms. The summed E-state index contributed by atoms with van der Waals surface area (Å²) in [6.45, 7) is 1.62. The first kappa shape index (κ1) is 22.1. The molecule has 0 aromatic heterocycles. The van der Waals surface area contributed by atoms with Crippen molar-refractivity contribution < 1.29 is 23.8 Å². The van der Waals surface area contributed by atoms with Gasteiger partial charge >= 0.3 is 5.97 Å². The molecular formula is C22H23N3O5S. The summed E-state index contributed by atoms with van der Waals surface area (Å²) in [6.07, 6.45) is 0. The summed E-state index contributed by atoms with van der Waals surface area (Å²) in [4.78, 5) is 24.3. The van der Waals surface area contributed by atoms with Gasteiger partial charge in [0.2, 0.25) is 0 Å². The topological polar surface area (TPSA) is 97.9 Å². The number of ether oxygens (including phenoxy) is 3. The Kier molecular flexibility index (Phi) is 7.09. The molecular weight excluding hydrogens is 418 g/mol. The summed E-state index contributed by atoms with van der Waals surface area (Å²) in [6, 6.07) is 13.7. The third-order valence-electron chi connectivity index (χ3n) is 4.66. The van der Waals surface area contributed by atoms with Crippen LogP contribution in [0, 0.1) is 0 Å². The minimum atomic E-state index is -0.467. The second-order valence-corrected chi connectivity index (χ2v) is 7.09. The summed E-state index contributed by atoms with van der Waals surface area (Å²) in [5.41, 5.74) is 2.62. The molecule has 2 aromatic rings. The van der Waals surface area contributed by atoms with Crippen molar-refractivity contribution in [3.63, 3.8) is 0 Å². The Hall–Kier alpha value is -3.59. The summed E-state index contributed by atoms with van der Waals surface area (Å²) >= 11 is 5.29. The number of amides is 1. The predicted octanol–water partition coefficient (Wildman–Crippen LogP) is 2.68. The van der Waals surface area contributed by atoms with Crippen LogP contribution in [0.2, 0.25) is 0 Å². The molecule has 0 saturated carbocycles. The molecule has 162 valence electrons. The number of methoxy groups -OCH3 is 2. The van der Waals surface area contributed by atoms with E-state index in [0.717, 1.165) is 5.56 Å². The van der Waals surface area contributed by atoms with Crippen LogP contribution in [0.25, 0.3) is 0 Å². The lowest BCUT2D eigenvalue weighted by Gasteiger charge is -2.30. The van der Waals surface area contributed by atoms with Crippen molar-refractivity contribution >= 4 is 34.9 Å². The number of rotatable bonds is 7. The van der Waals surface area contributed by atoms with Gasteiger partial charge in [-0.25, -0.2) is 4.79 Å². The Morgan fingerprint density at radius 1 is 1.03 bits per heavy atom. The van der Waals surface area contributed by atoms with Crippen LogP contribution in [0.3, 0.4) is 0 Å². The highest BCUT2D eigenvalue weighted by atomic mass is 32.1. The van der Waals surface area contributed by atoms with Crippen LogP contribution in [-0.4, -0.2) is 37.8 Å². The van der Waals surface area contributed by atoms with Crippen molar-refractivity contribution in [3.8, 4) is 11.5 Å². The van der Waals surface area contributed by atoms with E-state index >= 15 is 0 Å². The first-order chi connectivity index (χ1) is 14.9. The third kappa shape index (κ3) is 5.52. The van der Waals surface area contributed by atoms with E-state index in [0.29, 0.717) is 33.6 Å². The van der Waals surface area contributed by atoms with Gasteiger partial charge in [0, 0.05) is 11.4 Å². The number of allylic oxidation sites excluding steroid dienone is 1.